The van der Waals surface area contributed by atoms with Crippen LogP contribution >= 0.6 is 0 Å². The predicted octanol–water partition coefficient (Wildman–Crippen LogP) is 2.64. The van der Waals surface area contributed by atoms with Crippen molar-refractivity contribution in [2.75, 3.05) is 40.5 Å². The maximum atomic E-state index is 13.0. The third kappa shape index (κ3) is 3.57. The number of nitrogens with zero attached hydrogens (tertiary/aromatic N) is 5. The summed E-state index contributed by atoms with van der Waals surface area (Å²) in [6.45, 7) is 5.57. The Morgan fingerprint density at radius 2 is 2.12 bits per heavy atom. The molecule has 1 saturated heterocycles. The number of aromatic nitrogens is 5. The summed E-state index contributed by atoms with van der Waals surface area (Å²) >= 11 is 0. The highest BCUT2D eigenvalue weighted by atomic mass is 16.5. The molecule has 5 rings (SSSR count). The van der Waals surface area contributed by atoms with Crippen LogP contribution in [0.2, 0.25) is 0 Å². The van der Waals surface area contributed by atoms with Crippen molar-refractivity contribution in [3.8, 4) is 16.9 Å². The van der Waals surface area contributed by atoms with E-state index in [9.17, 15) is 4.79 Å². The zero-order valence-electron chi connectivity index (χ0n) is 18.7. The summed E-state index contributed by atoms with van der Waals surface area (Å²) in [7, 11) is 3.35. The second-order valence-corrected chi connectivity index (χ2v) is 8.40. The number of hydrogen-bond acceptors (Lipinski definition) is 6. The van der Waals surface area contributed by atoms with Gasteiger partial charge in [0.2, 0.25) is 0 Å². The van der Waals surface area contributed by atoms with Gasteiger partial charge in [0, 0.05) is 32.0 Å². The number of aromatic amines is 1. The summed E-state index contributed by atoms with van der Waals surface area (Å²) < 4.78 is 14.4. The molecule has 32 heavy (non-hydrogen) atoms. The summed E-state index contributed by atoms with van der Waals surface area (Å²) in [5.74, 6) is 0.656. The summed E-state index contributed by atoms with van der Waals surface area (Å²) in [4.78, 5) is 22.7. The average Bonchev–Trinajstić information content (AvgIpc) is 3.40. The van der Waals surface area contributed by atoms with Crippen molar-refractivity contribution < 1.29 is 9.47 Å². The molecule has 0 radical (unpaired) electrons. The topological polar surface area (TPSA) is 89.7 Å². The van der Waals surface area contributed by atoms with Gasteiger partial charge in [0.25, 0.3) is 0 Å². The summed E-state index contributed by atoms with van der Waals surface area (Å²) in [5, 5.41) is 4.26. The Bertz CT molecular complexity index is 1320. The molecule has 0 aliphatic carbocycles. The van der Waals surface area contributed by atoms with Gasteiger partial charge in [-0.05, 0) is 55.6 Å². The first-order valence-electron chi connectivity index (χ1n) is 10.9. The van der Waals surface area contributed by atoms with E-state index in [0.29, 0.717) is 18.0 Å². The van der Waals surface area contributed by atoms with Gasteiger partial charge in [-0.2, -0.15) is 5.10 Å². The SMILES string of the molecule is COCCN1CCCC(n2c(=O)[nH]c3cc(-c4cc(OC)c5ncnn5c4)c(C)cc32)C1. The molecule has 3 aromatic heterocycles. The average molecular weight is 437 g/mol. The number of piperidine rings is 1. The molecule has 1 unspecified atom stereocenters. The number of pyridine rings is 1. The lowest BCUT2D eigenvalue weighted by Gasteiger charge is -2.33. The van der Waals surface area contributed by atoms with Crippen LogP contribution in [0.4, 0.5) is 0 Å². The summed E-state index contributed by atoms with van der Waals surface area (Å²) in [6.07, 6.45) is 5.51. The fourth-order valence-corrected chi connectivity index (χ4v) is 4.81. The van der Waals surface area contributed by atoms with Crippen molar-refractivity contribution >= 4 is 16.7 Å². The maximum absolute atomic E-state index is 13.0. The highest BCUT2D eigenvalue weighted by Crippen LogP contribution is 2.32. The van der Waals surface area contributed by atoms with Crippen LogP contribution in [0, 0.1) is 6.92 Å². The number of imidazole rings is 1. The Morgan fingerprint density at radius 1 is 1.25 bits per heavy atom. The van der Waals surface area contributed by atoms with E-state index >= 15 is 0 Å². The molecule has 9 nitrogen and oxygen atoms in total. The van der Waals surface area contributed by atoms with Gasteiger partial charge in [-0.25, -0.2) is 14.3 Å². The number of nitrogens with one attached hydrogen (secondary N) is 1. The van der Waals surface area contributed by atoms with E-state index in [1.165, 1.54) is 6.33 Å². The van der Waals surface area contributed by atoms with Gasteiger partial charge < -0.3 is 14.5 Å². The van der Waals surface area contributed by atoms with E-state index in [-0.39, 0.29) is 11.7 Å². The largest absolute Gasteiger partial charge is 0.493 e. The molecule has 0 bridgehead atoms. The van der Waals surface area contributed by atoms with Crippen LogP contribution in [0.1, 0.15) is 24.4 Å². The number of likely N-dealkylation sites (tertiary alicyclic amines) is 1. The normalized spacial score (nSPS) is 17.4. The lowest BCUT2D eigenvalue weighted by molar-refractivity contribution is 0.117. The fraction of sp³-hybridized carbons (Fsp3) is 0.435. The van der Waals surface area contributed by atoms with Gasteiger partial charge in [-0.3, -0.25) is 9.47 Å². The third-order valence-electron chi connectivity index (χ3n) is 6.39. The number of aryl methyl sites for hydroxylation is 1. The van der Waals surface area contributed by atoms with Gasteiger partial charge >= 0.3 is 5.69 Å². The molecule has 1 aliphatic rings. The van der Waals surface area contributed by atoms with E-state index in [2.05, 4.69) is 33.0 Å². The molecule has 4 aromatic rings. The molecule has 1 fully saturated rings. The van der Waals surface area contributed by atoms with E-state index in [1.54, 1.807) is 18.7 Å². The molecule has 4 heterocycles. The molecule has 1 aliphatic heterocycles. The van der Waals surface area contributed by atoms with Gasteiger partial charge in [0.05, 0.1) is 30.8 Å². The van der Waals surface area contributed by atoms with Gasteiger partial charge in [-0.15, -0.1) is 0 Å². The third-order valence-corrected chi connectivity index (χ3v) is 6.39. The molecule has 9 heteroatoms. The highest BCUT2D eigenvalue weighted by molar-refractivity contribution is 5.85. The minimum atomic E-state index is -0.0561. The molecule has 1 atom stereocenters. The quantitative estimate of drug-likeness (QED) is 0.500. The Hall–Kier alpha value is -3.17. The molecule has 0 spiro atoms. The van der Waals surface area contributed by atoms with Crippen molar-refractivity contribution in [1.82, 2.24) is 29.0 Å². The first-order chi connectivity index (χ1) is 15.6. The van der Waals surface area contributed by atoms with Crippen LogP contribution in [-0.4, -0.2) is 69.5 Å². The fourth-order valence-electron chi connectivity index (χ4n) is 4.81. The molecular formula is C23H28N6O3. The van der Waals surface area contributed by atoms with E-state index in [4.69, 9.17) is 9.47 Å². The molecule has 168 valence electrons. The minimum absolute atomic E-state index is 0.0561. The Kier molecular flexibility index (Phi) is 5.44. The van der Waals surface area contributed by atoms with E-state index < -0.39 is 0 Å². The summed E-state index contributed by atoms with van der Waals surface area (Å²) in [5.41, 5.74) is 5.46. The number of benzene rings is 1. The predicted molar refractivity (Wildman–Crippen MR) is 122 cm³/mol. The standard InChI is InChI=1S/C23H28N6O3/c1-15-9-20-19(11-18(15)16-10-21(32-3)22-24-14-25-28(22)12-16)26-23(30)29(20)17-5-4-6-27(13-17)7-8-31-2/h9-12,14,17H,4-8,13H2,1-3H3,(H,26,30). The van der Waals surface area contributed by atoms with Gasteiger partial charge in [-0.1, -0.05) is 0 Å². The number of rotatable bonds is 6. The minimum Gasteiger partial charge on any atom is -0.493 e. The van der Waals surface area contributed by atoms with E-state index in [1.807, 2.05) is 22.9 Å². The van der Waals surface area contributed by atoms with Crippen molar-refractivity contribution in [2.24, 2.45) is 0 Å². The number of H-pyrrole nitrogens is 1. The lowest BCUT2D eigenvalue weighted by atomic mass is 10.0. The second kappa shape index (κ2) is 8.40. The van der Waals surface area contributed by atoms with Crippen LogP contribution in [-0.2, 0) is 4.74 Å². The van der Waals surface area contributed by atoms with Crippen molar-refractivity contribution in [3.05, 3.63) is 46.8 Å². The Balaban J connectivity index is 1.55. The Morgan fingerprint density at radius 3 is 2.94 bits per heavy atom. The zero-order valence-corrected chi connectivity index (χ0v) is 18.7. The smallest absolute Gasteiger partial charge is 0.326 e. The molecule has 0 amide bonds. The van der Waals surface area contributed by atoms with Crippen LogP contribution in [0.5, 0.6) is 5.75 Å². The highest BCUT2D eigenvalue weighted by Gasteiger charge is 2.24. The molecule has 1 N–H and O–H groups in total. The van der Waals surface area contributed by atoms with Crippen molar-refractivity contribution in [1.29, 1.82) is 0 Å². The number of methoxy groups -OCH3 is 2. The first-order valence-corrected chi connectivity index (χ1v) is 10.9. The lowest BCUT2D eigenvalue weighted by Crippen LogP contribution is -2.40. The van der Waals surface area contributed by atoms with Crippen molar-refractivity contribution in [2.45, 2.75) is 25.8 Å². The van der Waals surface area contributed by atoms with Crippen LogP contribution in [0.25, 0.3) is 27.8 Å². The summed E-state index contributed by atoms with van der Waals surface area (Å²) in [6, 6.07) is 6.27. The van der Waals surface area contributed by atoms with Gasteiger partial charge in [0.1, 0.15) is 6.33 Å². The number of hydrogen-bond donors (Lipinski definition) is 1. The van der Waals surface area contributed by atoms with Crippen molar-refractivity contribution in [3.63, 3.8) is 0 Å². The van der Waals surface area contributed by atoms with E-state index in [0.717, 1.165) is 60.2 Å². The van der Waals surface area contributed by atoms with Gasteiger partial charge in [0.15, 0.2) is 11.4 Å². The van der Waals surface area contributed by atoms with Crippen LogP contribution in [0.3, 0.4) is 0 Å². The van der Waals surface area contributed by atoms with Crippen LogP contribution < -0.4 is 10.4 Å². The molecule has 0 saturated carbocycles. The monoisotopic (exact) mass is 436 g/mol. The molecular weight excluding hydrogens is 408 g/mol. The Labute approximate surface area is 185 Å². The second-order valence-electron chi connectivity index (χ2n) is 8.40. The zero-order chi connectivity index (χ0) is 22.2. The number of fused-ring (bicyclic) bond motifs is 2. The first kappa shape index (κ1) is 20.7. The van der Waals surface area contributed by atoms with Crippen LogP contribution in [0.15, 0.2) is 35.5 Å². The number of ether oxygens (including phenoxy) is 2. The molecule has 1 aromatic carbocycles. The maximum Gasteiger partial charge on any atom is 0.326 e.